The second-order valence-electron chi connectivity index (χ2n) is 3.18. The molecule has 1 aliphatic heterocycles. The van der Waals surface area contributed by atoms with E-state index in [1.165, 1.54) is 0 Å². The molecule has 0 radical (unpaired) electrons. The van der Waals surface area contributed by atoms with Crippen LogP contribution < -0.4 is 0 Å². The maximum atomic E-state index is 11.0. The zero-order valence-electron chi connectivity index (χ0n) is 9.33. The number of carbonyl (C=O) groups excluding carboxylic acids is 1. The fourth-order valence-corrected chi connectivity index (χ4v) is 1.44. The summed E-state index contributed by atoms with van der Waals surface area (Å²) in [4.78, 5) is 12.8. The van der Waals surface area contributed by atoms with Gasteiger partial charge in [-0.25, -0.2) is 0 Å². The fraction of sp³-hybridized carbons (Fsp3) is 0.900. The van der Waals surface area contributed by atoms with Crippen molar-refractivity contribution in [3.05, 3.63) is 0 Å². The Labute approximate surface area is 81.1 Å². The predicted octanol–water partition coefficient (Wildman–Crippen LogP) is 1.67. The smallest absolute Gasteiger partial charge is 0.219 e. The molecule has 1 heterocycles. The molecule has 0 spiro atoms. The predicted molar refractivity (Wildman–Crippen MR) is 53.6 cm³/mol. The molecule has 78 valence electrons. The van der Waals surface area contributed by atoms with Crippen molar-refractivity contribution in [3.8, 4) is 0 Å². The number of carbonyl (C=O) groups is 1. The standard InChI is InChI=1S/C8H15NO2.C2H6/c1-6-4-9(8(3)10)5-7(2)11-6;1-2/h6-7H,4-5H2,1-3H3;1-2H3. The van der Waals surface area contributed by atoms with E-state index in [1.54, 1.807) is 6.92 Å². The minimum atomic E-state index is 0.145. The highest BCUT2D eigenvalue weighted by molar-refractivity contribution is 5.73. The SMILES string of the molecule is CC.CC(=O)N1CC(C)OC(C)C1. The van der Waals surface area contributed by atoms with E-state index in [0.717, 1.165) is 13.1 Å². The molecular formula is C10H21NO2. The summed E-state index contributed by atoms with van der Waals surface area (Å²) in [7, 11) is 0. The average Bonchev–Trinajstić information content (AvgIpc) is 2.06. The second-order valence-corrected chi connectivity index (χ2v) is 3.18. The van der Waals surface area contributed by atoms with Crippen LogP contribution in [0.25, 0.3) is 0 Å². The minimum absolute atomic E-state index is 0.145. The molecule has 0 aromatic carbocycles. The first-order chi connectivity index (χ1) is 6.09. The average molecular weight is 187 g/mol. The Morgan fingerprint density at radius 1 is 1.23 bits per heavy atom. The van der Waals surface area contributed by atoms with Crippen molar-refractivity contribution in [2.24, 2.45) is 0 Å². The lowest BCUT2D eigenvalue weighted by Gasteiger charge is -2.34. The van der Waals surface area contributed by atoms with Crippen LogP contribution in [0.1, 0.15) is 34.6 Å². The van der Waals surface area contributed by atoms with Crippen LogP contribution in [0.3, 0.4) is 0 Å². The van der Waals surface area contributed by atoms with E-state index in [4.69, 9.17) is 4.74 Å². The Morgan fingerprint density at radius 3 is 1.92 bits per heavy atom. The molecule has 0 aromatic rings. The highest BCUT2D eigenvalue weighted by Gasteiger charge is 2.23. The second kappa shape index (κ2) is 5.97. The molecule has 2 unspecified atom stereocenters. The van der Waals surface area contributed by atoms with Crippen LogP contribution in [0.2, 0.25) is 0 Å². The van der Waals surface area contributed by atoms with Gasteiger partial charge in [-0.3, -0.25) is 4.79 Å². The third kappa shape index (κ3) is 4.27. The van der Waals surface area contributed by atoms with E-state index in [1.807, 2.05) is 32.6 Å². The first-order valence-electron chi connectivity index (χ1n) is 5.00. The Kier molecular flexibility index (Phi) is 5.71. The summed E-state index contributed by atoms with van der Waals surface area (Å²) in [5, 5.41) is 0. The van der Waals surface area contributed by atoms with Gasteiger partial charge in [-0.2, -0.15) is 0 Å². The van der Waals surface area contributed by atoms with E-state index in [2.05, 4.69) is 0 Å². The number of hydrogen-bond acceptors (Lipinski definition) is 2. The summed E-state index contributed by atoms with van der Waals surface area (Å²) >= 11 is 0. The maximum absolute atomic E-state index is 11.0. The molecule has 3 heteroatoms. The van der Waals surface area contributed by atoms with Crippen molar-refractivity contribution in [2.45, 2.75) is 46.8 Å². The van der Waals surface area contributed by atoms with E-state index in [-0.39, 0.29) is 18.1 Å². The molecule has 1 amide bonds. The lowest BCUT2D eigenvalue weighted by molar-refractivity contribution is -0.140. The Bertz CT molecular complexity index is 149. The number of ether oxygens (including phenoxy) is 1. The van der Waals surface area contributed by atoms with Gasteiger partial charge in [-0.1, -0.05) is 13.8 Å². The maximum Gasteiger partial charge on any atom is 0.219 e. The van der Waals surface area contributed by atoms with Crippen LogP contribution in [-0.2, 0) is 9.53 Å². The number of amides is 1. The zero-order chi connectivity index (χ0) is 10.4. The zero-order valence-corrected chi connectivity index (χ0v) is 9.33. The van der Waals surface area contributed by atoms with Crippen molar-refractivity contribution in [1.29, 1.82) is 0 Å². The van der Waals surface area contributed by atoms with Gasteiger partial charge in [-0.15, -0.1) is 0 Å². The molecule has 2 atom stereocenters. The summed E-state index contributed by atoms with van der Waals surface area (Å²) in [5.74, 6) is 0.145. The lowest BCUT2D eigenvalue weighted by Crippen LogP contribution is -2.47. The summed E-state index contributed by atoms with van der Waals surface area (Å²) < 4.78 is 5.47. The van der Waals surface area contributed by atoms with Crippen molar-refractivity contribution in [3.63, 3.8) is 0 Å². The molecule has 1 saturated heterocycles. The fourth-order valence-electron chi connectivity index (χ4n) is 1.44. The molecule has 0 aliphatic carbocycles. The van der Waals surface area contributed by atoms with Gasteiger partial charge in [0.25, 0.3) is 0 Å². The number of rotatable bonds is 0. The van der Waals surface area contributed by atoms with Gasteiger partial charge in [0.1, 0.15) is 0 Å². The van der Waals surface area contributed by atoms with Crippen molar-refractivity contribution < 1.29 is 9.53 Å². The Balaban J connectivity index is 0.000000671. The summed E-state index contributed by atoms with van der Waals surface area (Å²) in [6.45, 7) is 11.1. The third-order valence-electron chi connectivity index (χ3n) is 1.86. The Hall–Kier alpha value is -0.570. The van der Waals surface area contributed by atoms with E-state index in [0.29, 0.717) is 0 Å². The summed E-state index contributed by atoms with van der Waals surface area (Å²) in [6.07, 6.45) is 0.366. The van der Waals surface area contributed by atoms with Crippen LogP contribution in [0.15, 0.2) is 0 Å². The summed E-state index contributed by atoms with van der Waals surface area (Å²) in [5.41, 5.74) is 0. The number of hydrogen-bond donors (Lipinski definition) is 0. The van der Waals surface area contributed by atoms with Gasteiger partial charge in [0.15, 0.2) is 0 Å². The minimum Gasteiger partial charge on any atom is -0.372 e. The van der Waals surface area contributed by atoms with E-state index < -0.39 is 0 Å². The van der Waals surface area contributed by atoms with Crippen molar-refractivity contribution >= 4 is 5.91 Å². The monoisotopic (exact) mass is 187 g/mol. The highest BCUT2D eigenvalue weighted by atomic mass is 16.5. The van der Waals surface area contributed by atoms with Gasteiger partial charge in [0.05, 0.1) is 12.2 Å². The van der Waals surface area contributed by atoms with Gasteiger partial charge < -0.3 is 9.64 Å². The highest BCUT2D eigenvalue weighted by Crippen LogP contribution is 2.09. The molecular weight excluding hydrogens is 166 g/mol. The van der Waals surface area contributed by atoms with E-state index >= 15 is 0 Å². The van der Waals surface area contributed by atoms with Gasteiger partial charge >= 0.3 is 0 Å². The molecule has 13 heavy (non-hydrogen) atoms. The normalized spacial score (nSPS) is 27.6. The quantitative estimate of drug-likeness (QED) is 0.577. The van der Waals surface area contributed by atoms with Crippen LogP contribution in [-0.4, -0.2) is 36.1 Å². The molecule has 3 nitrogen and oxygen atoms in total. The van der Waals surface area contributed by atoms with Crippen molar-refractivity contribution in [1.82, 2.24) is 4.90 Å². The van der Waals surface area contributed by atoms with Gasteiger partial charge in [-0.05, 0) is 13.8 Å². The molecule has 0 saturated carbocycles. The van der Waals surface area contributed by atoms with Gasteiger partial charge in [0.2, 0.25) is 5.91 Å². The van der Waals surface area contributed by atoms with Crippen LogP contribution in [0, 0.1) is 0 Å². The van der Waals surface area contributed by atoms with E-state index in [9.17, 15) is 4.79 Å². The largest absolute Gasteiger partial charge is 0.372 e. The van der Waals surface area contributed by atoms with Crippen LogP contribution in [0.5, 0.6) is 0 Å². The molecule has 0 N–H and O–H groups in total. The molecule has 1 aliphatic rings. The summed E-state index contributed by atoms with van der Waals surface area (Å²) in [6, 6.07) is 0. The van der Waals surface area contributed by atoms with Gasteiger partial charge in [0, 0.05) is 20.0 Å². The first-order valence-corrected chi connectivity index (χ1v) is 5.00. The van der Waals surface area contributed by atoms with Crippen molar-refractivity contribution in [2.75, 3.05) is 13.1 Å². The molecule has 1 rings (SSSR count). The molecule has 1 fully saturated rings. The Morgan fingerprint density at radius 2 is 1.62 bits per heavy atom. The number of nitrogens with zero attached hydrogens (tertiary/aromatic N) is 1. The first kappa shape index (κ1) is 12.4. The third-order valence-corrected chi connectivity index (χ3v) is 1.86. The lowest BCUT2D eigenvalue weighted by atomic mass is 10.2. The molecule has 0 aromatic heterocycles. The van der Waals surface area contributed by atoms with Crippen LogP contribution >= 0.6 is 0 Å². The van der Waals surface area contributed by atoms with Crippen LogP contribution in [0.4, 0.5) is 0 Å². The number of morpholine rings is 1. The molecule has 0 bridgehead atoms. The topological polar surface area (TPSA) is 29.5 Å².